The van der Waals surface area contributed by atoms with E-state index in [2.05, 4.69) is 46.5 Å². The van der Waals surface area contributed by atoms with Crippen LogP contribution in [0.4, 0.5) is 0 Å². The molecule has 16 heavy (non-hydrogen) atoms. The third-order valence-corrected chi connectivity index (χ3v) is 5.23. The summed E-state index contributed by atoms with van der Waals surface area (Å²) in [6, 6.07) is 2.91. The Kier molecular flexibility index (Phi) is 4.45. The minimum atomic E-state index is 0.656. The van der Waals surface area contributed by atoms with Crippen LogP contribution in [0.25, 0.3) is 0 Å². The van der Waals surface area contributed by atoms with Crippen molar-refractivity contribution in [2.75, 3.05) is 6.54 Å². The number of thiophene rings is 1. The molecular weight excluding hydrogens is 282 g/mol. The molecule has 0 spiro atoms. The minimum Gasteiger partial charge on any atom is -0.314 e. The van der Waals surface area contributed by atoms with Crippen LogP contribution in [0.3, 0.4) is 0 Å². The van der Waals surface area contributed by atoms with Crippen molar-refractivity contribution in [1.29, 1.82) is 0 Å². The molecule has 0 amide bonds. The molecule has 1 nitrogen and oxygen atoms in total. The Balaban J connectivity index is 1.95. The van der Waals surface area contributed by atoms with Crippen LogP contribution in [0, 0.1) is 11.8 Å². The van der Waals surface area contributed by atoms with E-state index in [1.807, 2.05) is 11.3 Å². The normalized spacial score (nSPS) is 19.7. The Morgan fingerprint density at radius 3 is 2.81 bits per heavy atom. The zero-order valence-electron chi connectivity index (χ0n) is 10.0. The molecule has 2 unspecified atom stereocenters. The van der Waals surface area contributed by atoms with Crippen molar-refractivity contribution in [3.8, 4) is 0 Å². The predicted molar refractivity (Wildman–Crippen MR) is 75.1 cm³/mol. The zero-order chi connectivity index (χ0) is 11.5. The van der Waals surface area contributed by atoms with Crippen LogP contribution in [-0.2, 0) is 6.42 Å². The summed E-state index contributed by atoms with van der Waals surface area (Å²) in [5.74, 6) is 1.80. The van der Waals surface area contributed by atoms with Crippen molar-refractivity contribution in [3.63, 3.8) is 0 Å². The molecule has 0 bridgehead atoms. The summed E-state index contributed by atoms with van der Waals surface area (Å²) in [5, 5.41) is 5.83. The van der Waals surface area contributed by atoms with Gasteiger partial charge in [-0.25, -0.2) is 0 Å². The second-order valence-corrected chi connectivity index (χ2v) is 6.71. The average molecular weight is 302 g/mol. The average Bonchev–Trinajstić information content (AvgIpc) is 3.02. The molecule has 3 heteroatoms. The second kappa shape index (κ2) is 5.65. The molecule has 1 heterocycles. The van der Waals surface area contributed by atoms with E-state index in [4.69, 9.17) is 0 Å². The molecule has 0 aromatic carbocycles. The van der Waals surface area contributed by atoms with Crippen LogP contribution in [0.15, 0.2) is 15.9 Å². The SMILES string of the molecule is CCNC(Cc1cc(Br)cs1)C(C)C1CC1. The van der Waals surface area contributed by atoms with Gasteiger partial charge in [0.1, 0.15) is 0 Å². The van der Waals surface area contributed by atoms with Gasteiger partial charge in [-0.15, -0.1) is 11.3 Å². The lowest BCUT2D eigenvalue weighted by atomic mass is 9.93. The fourth-order valence-electron chi connectivity index (χ4n) is 2.33. The van der Waals surface area contributed by atoms with Gasteiger partial charge in [0.2, 0.25) is 0 Å². The van der Waals surface area contributed by atoms with Crippen LogP contribution in [0.5, 0.6) is 0 Å². The van der Waals surface area contributed by atoms with E-state index in [0.717, 1.165) is 18.4 Å². The molecule has 0 radical (unpaired) electrons. The van der Waals surface area contributed by atoms with Gasteiger partial charge in [-0.05, 0) is 59.6 Å². The van der Waals surface area contributed by atoms with E-state index >= 15 is 0 Å². The highest BCUT2D eigenvalue weighted by molar-refractivity contribution is 9.10. The third kappa shape index (κ3) is 3.31. The molecule has 1 aliphatic carbocycles. The fourth-order valence-corrected chi connectivity index (χ4v) is 3.85. The van der Waals surface area contributed by atoms with E-state index in [1.165, 1.54) is 28.6 Å². The Hall–Kier alpha value is 0.140. The molecular formula is C13H20BrNS. The molecule has 1 aromatic rings. The number of nitrogens with one attached hydrogen (secondary N) is 1. The number of rotatable bonds is 6. The lowest BCUT2D eigenvalue weighted by molar-refractivity contribution is 0.346. The summed E-state index contributed by atoms with van der Waals surface area (Å²) in [6.45, 7) is 5.69. The van der Waals surface area contributed by atoms with Gasteiger partial charge in [-0.1, -0.05) is 13.8 Å². The molecule has 1 N–H and O–H groups in total. The van der Waals surface area contributed by atoms with Crippen molar-refractivity contribution in [3.05, 3.63) is 20.8 Å². The Labute approximate surface area is 111 Å². The minimum absolute atomic E-state index is 0.656. The van der Waals surface area contributed by atoms with Crippen molar-refractivity contribution in [2.45, 2.75) is 39.2 Å². The molecule has 2 rings (SSSR count). The van der Waals surface area contributed by atoms with Gasteiger partial charge in [0, 0.05) is 20.8 Å². The van der Waals surface area contributed by atoms with Crippen molar-refractivity contribution in [2.24, 2.45) is 11.8 Å². The van der Waals surface area contributed by atoms with Crippen LogP contribution < -0.4 is 5.32 Å². The summed E-state index contributed by atoms with van der Waals surface area (Å²) in [5.41, 5.74) is 0. The van der Waals surface area contributed by atoms with Gasteiger partial charge in [-0.3, -0.25) is 0 Å². The standard InChI is InChI=1S/C13H20BrNS/c1-3-15-13(9(2)10-4-5-10)7-12-6-11(14)8-16-12/h6,8-10,13,15H,3-5,7H2,1-2H3. The van der Waals surface area contributed by atoms with Crippen molar-refractivity contribution in [1.82, 2.24) is 5.32 Å². The first kappa shape index (κ1) is 12.6. The second-order valence-electron chi connectivity index (χ2n) is 4.80. The number of hydrogen-bond acceptors (Lipinski definition) is 2. The number of hydrogen-bond donors (Lipinski definition) is 1. The maximum atomic E-state index is 3.65. The van der Waals surface area contributed by atoms with Gasteiger partial charge < -0.3 is 5.32 Å². The highest BCUT2D eigenvalue weighted by atomic mass is 79.9. The van der Waals surface area contributed by atoms with Crippen molar-refractivity contribution >= 4 is 27.3 Å². The molecule has 1 aliphatic rings. The van der Waals surface area contributed by atoms with Crippen LogP contribution in [-0.4, -0.2) is 12.6 Å². The molecule has 0 aliphatic heterocycles. The van der Waals surface area contributed by atoms with Gasteiger partial charge in [0.05, 0.1) is 0 Å². The molecule has 1 aromatic heterocycles. The lowest BCUT2D eigenvalue weighted by Gasteiger charge is -2.24. The zero-order valence-corrected chi connectivity index (χ0v) is 12.4. The van der Waals surface area contributed by atoms with Gasteiger partial charge in [0.25, 0.3) is 0 Å². The van der Waals surface area contributed by atoms with E-state index in [0.29, 0.717) is 6.04 Å². The fraction of sp³-hybridized carbons (Fsp3) is 0.692. The first-order valence-corrected chi connectivity index (χ1v) is 7.84. The smallest absolute Gasteiger partial charge is 0.0285 e. The Morgan fingerprint density at radius 2 is 2.31 bits per heavy atom. The summed E-state index contributed by atoms with van der Waals surface area (Å²) in [6.07, 6.45) is 4.07. The maximum Gasteiger partial charge on any atom is 0.0285 e. The highest BCUT2D eigenvalue weighted by Gasteiger charge is 2.32. The molecule has 90 valence electrons. The number of halogens is 1. The van der Waals surface area contributed by atoms with Crippen LogP contribution in [0.2, 0.25) is 0 Å². The monoisotopic (exact) mass is 301 g/mol. The maximum absolute atomic E-state index is 3.65. The van der Waals surface area contributed by atoms with Crippen molar-refractivity contribution < 1.29 is 0 Å². The van der Waals surface area contributed by atoms with Gasteiger partial charge >= 0.3 is 0 Å². The van der Waals surface area contributed by atoms with E-state index < -0.39 is 0 Å². The molecule has 2 atom stereocenters. The van der Waals surface area contributed by atoms with Crippen LogP contribution in [0.1, 0.15) is 31.6 Å². The Bertz CT molecular complexity index is 332. The molecule has 1 fully saturated rings. The van der Waals surface area contributed by atoms with Gasteiger partial charge in [0.15, 0.2) is 0 Å². The Morgan fingerprint density at radius 1 is 1.56 bits per heavy atom. The number of likely N-dealkylation sites (N-methyl/N-ethyl adjacent to an activating group) is 1. The van der Waals surface area contributed by atoms with Gasteiger partial charge in [-0.2, -0.15) is 0 Å². The third-order valence-electron chi connectivity index (χ3n) is 3.51. The lowest BCUT2D eigenvalue weighted by Crippen LogP contribution is -2.37. The summed E-state index contributed by atoms with van der Waals surface area (Å²) >= 11 is 5.40. The van der Waals surface area contributed by atoms with E-state index in [-0.39, 0.29) is 0 Å². The summed E-state index contributed by atoms with van der Waals surface area (Å²) in [4.78, 5) is 1.49. The van der Waals surface area contributed by atoms with E-state index in [9.17, 15) is 0 Å². The molecule has 1 saturated carbocycles. The predicted octanol–water partition coefficient (Wildman–Crippen LogP) is 4.08. The summed E-state index contributed by atoms with van der Waals surface area (Å²) in [7, 11) is 0. The summed E-state index contributed by atoms with van der Waals surface area (Å²) < 4.78 is 1.22. The topological polar surface area (TPSA) is 12.0 Å². The molecule has 0 saturated heterocycles. The van der Waals surface area contributed by atoms with E-state index in [1.54, 1.807) is 0 Å². The first-order valence-electron chi connectivity index (χ1n) is 6.17. The first-order chi connectivity index (χ1) is 7.70. The highest BCUT2D eigenvalue weighted by Crippen LogP contribution is 2.39. The van der Waals surface area contributed by atoms with Crippen LogP contribution >= 0.6 is 27.3 Å². The quantitative estimate of drug-likeness (QED) is 0.835. The largest absolute Gasteiger partial charge is 0.314 e.